The highest BCUT2D eigenvalue weighted by atomic mass is 16.3. The Hall–Kier alpha value is -2.66. The van der Waals surface area contributed by atoms with Crippen molar-refractivity contribution in [3.8, 4) is 0 Å². The van der Waals surface area contributed by atoms with Crippen LogP contribution in [-0.2, 0) is 17.9 Å². The van der Waals surface area contributed by atoms with Crippen molar-refractivity contribution >= 4 is 17.5 Å². The van der Waals surface area contributed by atoms with Gasteiger partial charge < -0.3 is 15.3 Å². The van der Waals surface area contributed by atoms with E-state index in [2.05, 4.69) is 5.32 Å². The molecule has 0 aromatic heterocycles. The molecule has 0 bridgehead atoms. The molecule has 0 radical (unpaired) electrons. The van der Waals surface area contributed by atoms with Crippen molar-refractivity contribution < 1.29 is 14.7 Å². The molecule has 5 heteroatoms. The predicted molar refractivity (Wildman–Crippen MR) is 96.3 cm³/mol. The number of carbonyl (C=O) groups is 2. The van der Waals surface area contributed by atoms with E-state index in [-0.39, 0.29) is 18.4 Å². The van der Waals surface area contributed by atoms with Crippen molar-refractivity contribution in [2.24, 2.45) is 0 Å². The smallest absolute Gasteiger partial charge is 0.253 e. The van der Waals surface area contributed by atoms with Crippen LogP contribution in [-0.4, -0.2) is 23.5 Å². The van der Waals surface area contributed by atoms with Gasteiger partial charge in [0.25, 0.3) is 5.91 Å². The number of hydrogen-bond donors (Lipinski definition) is 2. The van der Waals surface area contributed by atoms with Gasteiger partial charge in [-0.25, -0.2) is 0 Å². The summed E-state index contributed by atoms with van der Waals surface area (Å²) >= 11 is 0. The Bertz CT molecular complexity index is 801. The third kappa shape index (κ3) is 3.72. The monoisotopic (exact) mass is 338 g/mol. The summed E-state index contributed by atoms with van der Waals surface area (Å²) in [7, 11) is 0. The number of anilines is 1. The van der Waals surface area contributed by atoms with E-state index in [0.717, 1.165) is 23.1 Å². The molecule has 0 unspecified atom stereocenters. The van der Waals surface area contributed by atoms with E-state index >= 15 is 0 Å². The summed E-state index contributed by atoms with van der Waals surface area (Å²) in [6.45, 7) is 2.84. The minimum atomic E-state index is -0.217. The molecule has 0 spiro atoms. The normalized spacial score (nSPS) is 14.0. The molecule has 130 valence electrons. The zero-order chi connectivity index (χ0) is 17.8. The quantitative estimate of drug-likeness (QED) is 0.880. The second kappa shape index (κ2) is 7.49. The lowest BCUT2D eigenvalue weighted by Gasteiger charge is -2.20. The lowest BCUT2D eigenvalue weighted by molar-refractivity contribution is -0.117. The Labute approximate surface area is 147 Å². The van der Waals surface area contributed by atoms with Crippen molar-refractivity contribution in [2.75, 3.05) is 11.4 Å². The van der Waals surface area contributed by atoms with Crippen LogP contribution in [0.3, 0.4) is 0 Å². The number of aryl methyl sites for hydroxylation is 1. The molecular weight excluding hydrogens is 316 g/mol. The molecule has 1 saturated heterocycles. The van der Waals surface area contributed by atoms with Gasteiger partial charge in [-0.2, -0.15) is 0 Å². The van der Waals surface area contributed by atoms with Crippen LogP contribution < -0.4 is 10.2 Å². The number of nitrogens with one attached hydrogen (secondary N) is 1. The molecule has 0 aliphatic carbocycles. The number of aliphatic hydroxyl groups excluding tert-OH is 1. The van der Waals surface area contributed by atoms with Crippen LogP contribution in [0.5, 0.6) is 0 Å². The average Bonchev–Trinajstić information content (AvgIpc) is 3.05. The third-order valence-corrected chi connectivity index (χ3v) is 4.49. The zero-order valence-electron chi connectivity index (χ0n) is 14.3. The van der Waals surface area contributed by atoms with Crippen LogP contribution in [0.15, 0.2) is 42.5 Å². The van der Waals surface area contributed by atoms with E-state index in [1.165, 1.54) is 0 Å². The van der Waals surface area contributed by atoms with Gasteiger partial charge in [0, 0.05) is 19.5 Å². The van der Waals surface area contributed by atoms with Crippen LogP contribution in [0.2, 0.25) is 0 Å². The fraction of sp³-hybridized carbons (Fsp3) is 0.300. The number of hydrogen-bond acceptors (Lipinski definition) is 3. The van der Waals surface area contributed by atoms with Crippen LogP contribution in [0, 0.1) is 6.92 Å². The second-order valence-corrected chi connectivity index (χ2v) is 6.28. The Morgan fingerprint density at radius 2 is 1.96 bits per heavy atom. The predicted octanol–water partition coefficient (Wildman–Crippen LogP) is 2.54. The molecule has 2 aromatic rings. The highest BCUT2D eigenvalue weighted by Crippen LogP contribution is 2.26. The summed E-state index contributed by atoms with van der Waals surface area (Å²) < 4.78 is 0. The molecule has 1 heterocycles. The molecule has 2 amide bonds. The molecule has 0 saturated carbocycles. The molecule has 1 aliphatic rings. The highest BCUT2D eigenvalue weighted by molar-refractivity contribution is 6.05. The summed E-state index contributed by atoms with van der Waals surface area (Å²) in [4.78, 5) is 26.5. The number of rotatable bonds is 5. The Balaban J connectivity index is 1.82. The molecule has 1 fully saturated rings. The SMILES string of the molecule is Cc1ccc(N2CCCC2=O)c(C(=O)NCc2ccccc2CO)c1. The first kappa shape index (κ1) is 17.2. The van der Waals surface area contributed by atoms with Gasteiger partial charge in [0.1, 0.15) is 0 Å². The van der Waals surface area contributed by atoms with E-state index in [0.29, 0.717) is 30.8 Å². The first-order chi connectivity index (χ1) is 12.1. The second-order valence-electron chi connectivity index (χ2n) is 6.28. The molecule has 0 atom stereocenters. The fourth-order valence-corrected chi connectivity index (χ4v) is 3.12. The molecule has 3 rings (SSSR count). The Kier molecular flexibility index (Phi) is 5.14. The summed E-state index contributed by atoms with van der Waals surface area (Å²) in [6, 6.07) is 13.0. The third-order valence-electron chi connectivity index (χ3n) is 4.49. The zero-order valence-corrected chi connectivity index (χ0v) is 14.3. The number of benzene rings is 2. The van der Waals surface area contributed by atoms with Crippen LogP contribution in [0.4, 0.5) is 5.69 Å². The largest absolute Gasteiger partial charge is 0.392 e. The number of amides is 2. The molecule has 2 aromatic carbocycles. The van der Waals surface area contributed by atoms with Gasteiger partial charge in [-0.05, 0) is 36.6 Å². The topological polar surface area (TPSA) is 69.6 Å². The van der Waals surface area contributed by atoms with E-state index in [9.17, 15) is 14.7 Å². The molecule has 25 heavy (non-hydrogen) atoms. The fourth-order valence-electron chi connectivity index (χ4n) is 3.12. The van der Waals surface area contributed by atoms with Crippen molar-refractivity contribution in [1.29, 1.82) is 0 Å². The molecule has 5 nitrogen and oxygen atoms in total. The minimum Gasteiger partial charge on any atom is -0.392 e. The number of aliphatic hydroxyl groups is 1. The van der Waals surface area contributed by atoms with Crippen molar-refractivity contribution in [3.63, 3.8) is 0 Å². The van der Waals surface area contributed by atoms with Crippen LogP contribution >= 0.6 is 0 Å². The average molecular weight is 338 g/mol. The Morgan fingerprint density at radius 3 is 2.64 bits per heavy atom. The lowest BCUT2D eigenvalue weighted by atomic mass is 10.1. The van der Waals surface area contributed by atoms with Crippen molar-refractivity contribution in [1.82, 2.24) is 5.32 Å². The lowest BCUT2D eigenvalue weighted by Crippen LogP contribution is -2.29. The molecular formula is C20H22N2O3. The van der Waals surface area contributed by atoms with E-state index in [4.69, 9.17) is 0 Å². The summed E-state index contributed by atoms with van der Waals surface area (Å²) in [5.41, 5.74) is 3.82. The molecule has 2 N–H and O–H groups in total. The minimum absolute atomic E-state index is 0.0588. The van der Waals surface area contributed by atoms with Gasteiger partial charge in [-0.15, -0.1) is 0 Å². The molecule has 1 aliphatic heterocycles. The number of carbonyl (C=O) groups excluding carboxylic acids is 2. The van der Waals surface area contributed by atoms with E-state index in [1.807, 2.05) is 49.4 Å². The first-order valence-corrected chi connectivity index (χ1v) is 8.47. The number of nitrogens with zero attached hydrogens (tertiary/aromatic N) is 1. The van der Waals surface area contributed by atoms with Crippen molar-refractivity contribution in [3.05, 3.63) is 64.7 Å². The Morgan fingerprint density at radius 1 is 1.20 bits per heavy atom. The standard InChI is InChI=1S/C20H22N2O3/c1-14-8-9-18(22-10-4-7-19(22)24)17(11-14)20(25)21-12-15-5-2-3-6-16(15)13-23/h2-3,5-6,8-9,11,23H,4,7,10,12-13H2,1H3,(H,21,25). The van der Waals surface area contributed by atoms with Crippen LogP contribution in [0.1, 0.15) is 39.9 Å². The summed E-state index contributed by atoms with van der Waals surface area (Å²) in [6.07, 6.45) is 1.34. The van der Waals surface area contributed by atoms with E-state index < -0.39 is 0 Å². The first-order valence-electron chi connectivity index (χ1n) is 8.47. The maximum Gasteiger partial charge on any atom is 0.253 e. The van der Waals surface area contributed by atoms with Gasteiger partial charge in [0.05, 0.1) is 17.9 Å². The van der Waals surface area contributed by atoms with Gasteiger partial charge in [-0.3, -0.25) is 9.59 Å². The van der Waals surface area contributed by atoms with Gasteiger partial charge >= 0.3 is 0 Å². The van der Waals surface area contributed by atoms with E-state index in [1.54, 1.807) is 4.90 Å². The summed E-state index contributed by atoms with van der Waals surface area (Å²) in [5, 5.41) is 12.3. The maximum atomic E-state index is 12.7. The van der Waals surface area contributed by atoms with Crippen molar-refractivity contribution in [2.45, 2.75) is 32.9 Å². The van der Waals surface area contributed by atoms with Gasteiger partial charge in [0.2, 0.25) is 5.91 Å². The maximum absolute atomic E-state index is 12.7. The summed E-state index contributed by atoms with van der Waals surface area (Å²) in [5.74, 6) is -0.158. The van der Waals surface area contributed by atoms with Gasteiger partial charge in [0.15, 0.2) is 0 Å². The highest BCUT2D eigenvalue weighted by Gasteiger charge is 2.25. The van der Waals surface area contributed by atoms with Crippen LogP contribution in [0.25, 0.3) is 0 Å². The van der Waals surface area contributed by atoms with Gasteiger partial charge in [-0.1, -0.05) is 35.9 Å².